The first-order chi connectivity index (χ1) is 11.9. The molecule has 0 bridgehead atoms. The molecule has 136 valence electrons. The summed E-state index contributed by atoms with van der Waals surface area (Å²) >= 11 is 11.9. The predicted octanol–water partition coefficient (Wildman–Crippen LogP) is 1.82. The van der Waals surface area contributed by atoms with Crippen LogP contribution in [0.25, 0.3) is 0 Å². The second kappa shape index (κ2) is 9.03. The van der Waals surface area contributed by atoms with E-state index < -0.39 is 18.6 Å². The maximum Gasteiger partial charge on any atom is 0.329 e. The number of carboxylic acid groups (broad SMARTS) is 1. The Morgan fingerprint density at radius 2 is 1.92 bits per heavy atom. The van der Waals surface area contributed by atoms with Crippen molar-refractivity contribution in [2.75, 3.05) is 26.3 Å². The van der Waals surface area contributed by atoms with E-state index in [1.54, 1.807) is 0 Å². The Kier molecular flexibility index (Phi) is 7.04. The highest BCUT2D eigenvalue weighted by molar-refractivity contribution is 6.35. The Morgan fingerprint density at radius 3 is 2.56 bits per heavy atom. The number of carbonyl (C=O) groups is 3. The van der Waals surface area contributed by atoms with Crippen LogP contribution in [0, 0.1) is 0 Å². The summed E-state index contributed by atoms with van der Waals surface area (Å²) in [6, 6.07) is 3.99. The minimum absolute atomic E-state index is 0.0859. The second-order valence-corrected chi connectivity index (χ2v) is 6.42. The van der Waals surface area contributed by atoms with E-state index >= 15 is 0 Å². The zero-order valence-corrected chi connectivity index (χ0v) is 14.8. The number of nitrogens with one attached hydrogen (secondary N) is 1. The summed E-state index contributed by atoms with van der Waals surface area (Å²) in [5.74, 6) is -1.67. The fourth-order valence-corrected chi connectivity index (χ4v) is 3.18. The smallest absolute Gasteiger partial charge is 0.329 e. The summed E-state index contributed by atoms with van der Waals surface area (Å²) in [5.41, 5.74) is 0.335. The molecule has 1 aromatic carbocycles. The fraction of sp³-hybridized carbons (Fsp3) is 0.438. The molecule has 2 N–H and O–H groups in total. The Hall–Kier alpha value is -1.83. The molecular weight excluding hydrogens is 371 g/mol. The van der Waals surface area contributed by atoms with Crippen LogP contribution in [0.5, 0.6) is 0 Å². The van der Waals surface area contributed by atoms with Crippen LogP contribution in [0.3, 0.4) is 0 Å². The highest BCUT2D eigenvalue weighted by Gasteiger charge is 2.34. The summed E-state index contributed by atoms with van der Waals surface area (Å²) in [5, 5.41) is 11.8. The minimum Gasteiger partial charge on any atom is -0.480 e. The molecule has 25 heavy (non-hydrogen) atoms. The third-order valence-electron chi connectivity index (χ3n) is 3.70. The van der Waals surface area contributed by atoms with E-state index in [0.29, 0.717) is 35.0 Å². The number of nitrogens with zero attached hydrogens (tertiary/aromatic N) is 1. The van der Waals surface area contributed by atoms with Crippen molar-refractivity contribution in [2.45, 2.75) is 18.9 Å². The molecule has 1 aromatic rings. The zero-order chi connectivity index (χ0) is 18.4. The topological polar surface area (TPSA) is 95.9 Å². The number of benzene rings is 1. The number of aliphatic carboxylic acids is 1. The monoisotopic (exact) mass is 388 g/mol. The van der Waals surface area contributed by atoms with Crippen molar-refractivity contribution in [3.8, 4) is 0 Å². The largest absolute Gasteiger partial charge is 0.480 e. The lowest BCUT2D eigenvalue weighted by atomic mass is 10.1. The summed E-state index contributed by atoms with van der Waals surface area (Å²) in [7, 11) is 0. The molecule has 0 aliphatic carbocycles. The Bertz CT molecular complexity index is 648. The van der Waals surface area contributed by atoms with Crippen LogP contribution in [0.4, 0.5) is 0 Å². The predicted molar refractivity (Wildman–Crippen MR) is 92.0 cm³/mol. The Labute approximate surface area is 154 Å². The van der Waals surface area contributed by atoms with Gasteiger partial charge in [0, 0.05) is 28.7 Å². The van der Waals surface area contributed by atoms with Crippen LogP contribution in [0.2, 0.25) is 10.0 Å². The van der Waals surface area contributed by atoms with Crippen molar-refractivity contribution >= 4 is 41.0 Å². The number of likely N-dealkylation sites (tertiary alicyclic amines) is 1. The van der Waals surface area contributed by atoms with E-state index in [4.69, 9.17) is 33.0 Å². The first-order valence-corrected chi connectivity index (χ1v) is 8.48. The Balaban J connectivity index is 1.93. The van der Waals surface area contributed by atoms with Crippen LogP contribution in [-0.2, 0) is 14.3 Å². The van der Waals surface area contributed by atoms with Gasteiger partial charge in [0.05, 0.1) is 6.61 Å². The first-order valence-electron chi connectivity index (χ1n) is 7.73. The summed E-state index contributed by atoms with van der Waals surface area (Å²) in [4.78, 5) is 36.8. The van der Waals surface area contributed by atoms with Crippen molar-refractivity contribution in [1.29, 1.82) is 0 Å². The van der Waals surface area contributed by atoms with Gasteiger partial charge in [0.1, 0.15) is 12.6 Å². The van der Waals surface area contributed by atoms with E-state index in [1.165, 1.54) is 23.1 Å². The van der Waals surface area contributed by atoms with Gasteiger partial charge in [0.15, 0.2) is 0 Å². The fourth-order valence-electron chi connectivity index (χ4n) is 2.65. The van der Waals surface area contributed by atoms with Gasteiger partial charge < -0.3 is 20.1 Å². The van der Waals surface area contributed by atoms with Gasteiger partial charge in [-0.15, -0.1) is 0 Å². The van der Waals surface area contributed by atoms with Gasteiger partial charge in [-0.05, 0) is 31.0 Å². The third-order valence-corrected chi connectivity index (χ3v) is 4.13. The molecular formula is C16H18Cl2N2O5. The number of amides is 2. The van der Waals surface area contributed by atoms with Crippen LogP contribution < -0.4 is 5.32 Å². The summed E-state index contributed by atoms with van der Waals surface area (Å²) in [6.45, 7) is 0.312. The number of halogens is 2. The molecule has 7 nitrogen and oxygen atoms in total. The molecule has 1 atom stereocenters. The Morgan fingerprint density at radius 1 is 1.24 bits per heavy atom. The lowest BCUT2D eigenvalue weighted by molar-refractivity contribution is -0.142. The van der Waals surface area contributed by atoms with Gasteiger partial charge in [-0.1, -0.05) is 23.2 Å². The lowest BCUT2D eigenvalue weighted by Gasteiger charge is -2.24. The maximum absolute atomic E-state index is 12.7. The molecule has 1 saturated heterocycles. The van der Waals surface area contributed by atoms with Crippen LogP contribution >= 0.6 is 23.2 Å². The van der Waals surface area contributed by atoms with E-state index in [9.17, 15) is 14.4 Å². The standard InChI is InChI=1S/C16H18Cl2N2O5/c17-11-6-10(7-12(18)8-11)16(24)20-4-1-2-13(20)15(23)19-3-5-25-9-14(21)22/h6-8,13H,1-5,9H2,(H,19,23)(H,21,22). The lowest BCUT2D eigenvalue weighted by Crippen LogP contribution is -2.46. The molecule has 1 aliphatic heterocycles. The molecule has 1 fully saturated rings. The number of hydrogen-bond donors (Lipinski definition) is 2. The number of carbonyl (C=O) groups excluding carboxylic acids is 2. The minimum atomic E-state index is -1.07. The number of ether oxygens (including phenoxy) is 1. The average Bonchev–Trinajstić information content (AvgIpc) is 3.02. The molecule has 0 radical (unpaired) electrons. The van der Waals surface area contributed by atoms with Crippen molar-refractivity contribution in [3.63, 3.8) is 0 Å². The van der Waals surface area contributed by atoms with Crippen LogP contribution in [0.15, 0.2) is 18.2 Å². The molecule has 2 amide bonds. The van der Waals surface area contributed by atoms with Gasteiger partial charge in [-0.3, -0.25) is 9.59 Å². The average molecular weight is 389 g/mol. The van der Waals surface area contributed by atoms with E-state index in [0.717, 1.165) is 0 Å². The number of rotatable bonds is 7. The molecule has 0 aromatic heterocycles. The van der Waals surface area contributed by atoms with Crippen LogP contribution in [-0.4, -0.2) is 60.1 Å². The third kappa shape index (κ3) is 5.59. The molecule has 0 saturated carbocycles. The molecule has 1 aliphatic rings. The van der Waals surface area contributed by atoms with Crippen molar-refractivity contribution in [3.05, 3.63) is 33.8 Å². The van der Waals surface area contributed by atoms with E-state index in [2.05, 4.69) is 5.32 Å². The van der Waals surface area contributed by atoms with Gasteiger partial charge in [-0.2, -0.15) is 0 Å². The van der Waals surface area contributed by atoms with Gasteiger partial charge in [-0.25, -0.2) is 4.79 Å². The highest BCUT2D eigenvalue weighted by Crippen LogP contribution is 2.24. The molecule has 0 spiro atoms. The quantitative estimate of drug-likeness (QED) is 0.694. The van der Waals surface area contributed by atoms with Gasteiger partial charge >= 0.3 is 5.97 Å². The van der Waals surface area contributed by atoms with E-state index in [1.807, 2.05) is 0 Å². The maximum atomic E-state index is 12.7. The molecule has 1 unspecified atom stereocenters. The summed E-state index contributed by atoms with van der Waals surface area (Å²) < 4.78 is 4.85. The van der Waals surface area contributed by atoms with Gasteiger partial charge in [0.25, 0.3) is 5.91 Å². The van der Waals surface area contributed by atoms with Gasteiger partial charge in [0.2, 0.25) is 5.91 Å². The van der Waals surface area contributed by atoms with Crippen molar-refractivity contribution < 1.29 is 24.2 Å². The number of hydrogen-bond acceptors (Lipinski definition) is 4. The van der Waals surface area contributed by atoms with Crippen LogP contribution in [0.1, 0.15) is 23.2 Å². The molecule has 1 heterocycles. The first kappa shape index (κ1) is 19.5. The SMILES string of the molecule is O=C(O)COCCNC(=O)C1CCCN1C(=O)c1cc(Cl)cc(Cl)c1. The zero-order valence-electron chi connectivity index (χ0n) is 13.3. The summed E-state index contributed by atoms with van der Waals surface area (Å²) in [6.07, 6.45) is 1.27. The van der Waals surface area contributed by atoms with E-state index in [-0.39, 0.29) is 25.0 Å². The normalized spacial score (nSPS) is 16.7. The number of carboxylic acids is 1. The highest BCUT2D eigenvalue weighted by atomic mass is 35.5. The van der Waals surface area contributed by atoms with Crippen molar-refractivity contribution in [2.24, 2.45) is 0 Å². The molecule has 2 rings (SSSR count). The second-order valence-electron chi connectivity index (χ2n) is 5.55. The molecule has 9 heteroatoms. The van der Waals surface area contributed by atoms with Crippen molar-refractivity contribution in [1.82, 2.24) is 10.2 Å².